The summed E-state index contributed by atoms with van der Waals surface area (Å²) in [6, 6.07) is 7.58. The van der Waals surface area contributed by atoms with Gasteiger partial charge < -0.3 is 10.6 Å². The van der Waals surface area contributed by atoms with Gasteiger partial charge >= 0.3 is 0 Å². The Balaban J connectivity index is 1.91. The van der Waals surface area contributed by atoms with Gasteiger partial charge in [0.2, 0.25) is 11.8 Å². The summed E-state index contributed by atoms with van der Waals surface area (Å²) >= 11 is 0. The fourth-order valence-electron chi connectivity index (χ4n) is 7.50. The van der Waals surface area contributed by atoms with Gasteiger partial charge in [0.15, 0.2) is 0 Å². The molecule has 2 amide bonds. The summed E-state index contributed by atoms with van der Waals surface area (Å²) in [6.07, 6.45) is 49.8. The van der Waals surface area contributed by atoms with Crippen LogP contribution in [0.5, 0.6) is 0 Å². The maximum atomic E-state index is 12.5. The average molecular weight is 725 g/mol. The van der Waals surface area contributed by atoms with E-state index in [-0.39, 0.29) is 11.8 Å². The quantitative estimate of drug-likeness (QED) is 0.0662. The molecule has 4 heteroatoms. The summed E-state index contributed by atoms with van der Waals surface area (Å²) in [7, 11) is 0. The van der Waals surface area contributed by atoms with Crippen LogP contribution in [0.25, 0.3) is 0 Å². The second-order valence-electron chi connectivity index (χ2n) is 16.2. The number of anilines is 2. The van der Waals surface area contributed by atoms with E-state index in [1.807, 2.05) is 24.3 Å². The first kappa shape index (κ1) is 48.2. The number of unbranched alkanes of at least 4 members (excludes halogenated alkanes) is 34. The van der Waals surface area contributed by atoms with Crippen LogP contribution >= 0.6 is 0 Å². The predicted molar refractivity (Wildman–Crippen MR) is 230 cm³/mol. The third-order valence-electron chi connectivity index (χ3n) is 10.9. The molecule has 0 saturated heterocycles. The monoisotopic (exact) mass is 725 g/mol. The number of rotatable bonds is 40. The summed E-state index contributed by atoms with van der Waals surface area (Å²) in [4.78, 5) is 25.0. The van der Waals surface area contributed by atoms with Gasteiger partial charge in [-0.2, -0.15) is 0 Å². The Morgan fingerprint density at radius 1 is 0.346 bits per heavy atom. The molecule has 0 heterocycles. The summed E-state index contributed by atoms with van der Waals surface area (Å²) in [5.41, 5.74) is 1.52. The van der Waals surface area contributed by atoms with Gasteiger partial charge in [-0.05, 0) is 31.0 Å². The van der Waals surface area contributed by atoms with Crippen molar-refractivity contribution in [1.82, 2.24) is 0 Å². The van der Waals surface area contributed by atoms with Crippen molar-refractivity contribution in [3.05, 3.63) is 24.3 Å². The van der Waals surface area contributed by atoms with Crippen LogP contribution in [0.3, 0.4) is 0 Å². The zero-order valence-corrected chi connectivity index (χ0v) is 35.0. The van der Waals surface area contributed by atoms with Gasteiger partial charge in [-0.15, -0.1) is 0 Å². The molecule has 0 bridgehead atoms. The number of carbonyl (C=O) groups excluding carboxylic acids is 2. The predicted octanol–water partition coefficient (Wildman–Crippen LogP) is 16.4. The highest BCUT2D eigenvalue weighted by molar-refractivity contribution is 5.94. The number of amides is 2. The molecular weight excluding hydrogens is 637 g/mol. The number of benzene rings is 1. The summed E-state index contributed by atoms with van der Waals surface area (Å²) in [6.45, 7) is 4.58. The zero-order valence-electron chi connectivity index (χ0n) is 35.0. The van der Waals surface area contributed by atoms with Gasteiger partial charge in [0.1, 0.15) is 0 Å². The first-order chi connectivity index (χ1) is 25.7. The largest absolute Gasteiger partial charge is 0.326 e. The zero-order chi connectivity index (χ0) is 37.4. The van der Waals surface area contributed by atoms with Crippen molar-refractivity contribution in [2.45, 2.75) is 258 Å². The molecule has 0 aliphatic carbocycles. The van der Waals surface area contributed by atoms with Crippen LogP contribution in [0.4, 0.5) is 11.4 Å². The normalized spacial score (nSPS) is 11.3. The minimum Gasteiger partial charge on any atom is -0.326 e. The number of carbonyl (C=O) groups is 2. The van der Waals surface area contributed by atoms with E-state index in [1.165, 1.54) is 205 Å². The average Bonchev–Trinajstić information content (AvgIpc) is 3.14. The summed E-state index contributed by atoms with van der Waals surface area (Å²) in [5, 5.41) is 6.05. The lowest BCUT2D eigenvalue weighted by molar-refractivity contribution is -0.117. The lowest BCUT2D eigenvalue weighted by atomic mass is 10.0. The van der Waals surface area contributed by atoms with Crippen LogP contribution < -0.4 is 10.6 Å². The smallest absolute Gasteiger partial charge is 0.224 e. The Kier molecular flexibility index (Phi) is 36.0. The molecule has 1 rings (SSSR count). The van der Waals surface area contributed by atoms with Crippen molar-refractivity contribution >= 4 is 23.2 Å². The highest BCUT2D eigenvalue weighted by atomic mass is 16.2. The molecule has 0 aromatic heterocycles. The van der Waals surface area contributed by atoms with Gasteiger partial charge in [-0.1, -0.05) is 238 Å². The van der Waals surface area contributed by atoms with Crippen molar-refractivity contribution in [3.63, 3.8) is 0 Å². The standard InChI is InChI=1S/C48H88N2O2/c1-3-5-7-9-11-13-15-17-19-21-23-25-27-29-31-33-35-37-42-47(51)49-45-40-39-41-46(44-45)50-48(52)43-38-36-34-32-30-28-26-24-22-20-18-16-14-12-10-8-6-4-2/h39-41,44H,3-38,42-43H2,1-2H3,(H,49,51)(H,50,52). The van der Waals surface area contributed by atoms with E-state index in [0.29, 0.717) is 12.8 Å². The molecule has 1 aromatic carbocycles. The fourth-order valence-corrected chi connectivity index (χ4v) is 7.50. The number of hydrogen-bond donors (Lipinski definition) is 2. The lowest BCUT2D eigenvalue weighted by Gasteiger charge is -2.09. The molecule has 0 saturated carbocycles. The molecule has 0 aliphatic heterocycles. The third-order valence-corrected chi connectivity index (χ3v) is 10.9. The molecule has 302 valence electrons. The SMILES string of the molecule is CCCCCCCCCCCCCCCCCCCCC(=O)Nc1cccc(NC(=O)CCCCCCCCCCCCCCCCCCCC)c1. The summed E-state index contributed by atoms with van der Waals surface area (Å²) < 4.78 is 0. The molecule has 2 N–H and O–H groups in total. The molecule has 0 atom stereocenters. The van der Waals surface area contributed by atoms with E-state index < -0.39 is 0 Å². The van der Waals surface area contributed by atoms with E-state index in [1.54, 1.807) is 0 Å². The van der Waals surface area contributed by atoms with Crippen molar-refractivity contribution in [1.29, 1.82) is 0 Å². The molecule has 0 unspecified atom stereocenters. The first-order valence-corrected chi connectivity index (χ1v) is 23.4. The van der Waals surface area contributed by atoms with E-state index >= 15 is 0 Å². The van der Waals surface area contributed by atoms with Gasteiger partial charge in [-0.3, -0.25) is 9.59 Å². The van der Waals surface area contributed by atoms with Gasteiger partial charge in [0, 0.05) is 24.2 Å². The maximum Gasteiger partial charge on any atom is 0.224 e. The maximum absolute atomic E-state index is 12.5. The summed E-state index contributed by atoms with van der Waals surface area (Å²) in [5.74, 6) is 0.137. The van der Waals surface area contributed by atoms with Crippen molar-refractivity contribution in [2.24, 2.45) is 0 Å². The van der Waals surface area contributed by atoms with Gasteiger partial charge in [-0.25, -0.2) is 0 Å². The molecule has 52 heavy (non-hydrogen) atoms. The van der Waals surface area contributed by atoms with Gasteiger partial charge in [0.05, 0.1) is 0 Å². The molecular formula is C48H88N2O2. The Hall–Kier alpha value is -1.84. The topological polar surface area (TPSA) is 58.2 Å². The van der Waals surface area contributed by atoms with E-state index in [4.69, 9.17) is 0 Å². The van der Waals surface area contributed by atoms with Crippen LogP contribution in [-0.2, 0) is 9.59 Å². The van der Waals surface area contributed by atoms with Crippen LogP contribution in [0, 0.1) is 0 Å². The first-order valence-electron chi connectivity index (χ1n) is 23.4. The Bertz CT molecular complexity index is 846. The molecule has 0 spiro atoms. The van der Waals surface area contributed by atoms with Crippen molar-refractivity contribution < 1.29 is 9.59 Å². The highest BCUT2D eigenvalue weighted by Gasteiger charge is 2.06. The third kappa shape index (κ3) is 34.0. The lowest BCUT2D eigenvalue weighted by Crippen LogP contribution is -2.13. The molecule has 1 aromatic rings. The van der Waals surface area contributed by atoms with Crippen LogP contribution in [-0.4, -0.2) is 11.8 Å². The van der Waals surface area contributed by atoms with Crippen LogP contribution in [0.2, 0.25) is 0 Å². The molecule has 0 aliphatic rings. The second kappa shape index (κ2) is 38.9. The van der Waals surface area contributed by atoms with Crippen LogP contribution in [0.1, 0.15) is 258 Å². The Morgan fingerprint density at radius 2 is 0.558 bits per heavy atom. The Labute approximate surface area is 324 Å². The molecule has 4 nitrogen and oxygen atoms in total. The fraction of sp³-hybridized carbons (Fsp3) is 0.833. The number of hydrogen-bond acceptors (Lipinski definition) is 2. The minimum absolute atomic E-state index is 0.0683. The number of nitrogens with one attached hydrogen (secondary N) is 2. The second-order valence-corrected chi connectivity index (χ2v) is 16.2. The minimum atomic E-state index is 0.0683. The van der Waals surface area contributed by atoms with Gasteiger partial charge in [0.25, 0.3) is 0 Å². The Morgan fingerprint density at radius 3 is 0.788 bits per heavy atom. The van der Waals surface area contributed by atoms with E-state index in [0.717, 1.165) is 37.1 Å². The molecule has 0 fully saturated rings. The van der Waals surface area contributed by atoms with Crippen molar-refractivity contribution in [3.8, 4) is 0 Å². The highest BCUT2D eigenvalue weighted by Crippen LogP contribution is 2.19. The van der Waals surface area contributed by atoms with E-state index in [9.17, 15) is 9.59 Å². The van der Waals surface area contributed by atoms with E-state index in [2.05, 4.69) is 24.5 Å². The van der Waals surface area contributed by atoms with Crippen LogP contribution in [0.15, 0.2) is 24.3 Å². The molecule has 0 radical (unpaired) electrons. The van der Waals surface area contributed by atoms with Crippen molar-refractivity contribution in [2.75, 3.05) is 10.6 Å².